The Kier molecular flexibility index (Phi) is 14.0. The number of fused-ring (bicyclic) bond motifs is 8. The zero-order valence-electron chi connectivity index (χ0n) is 45.0. The van der Waals surface area contributed by atoms with Crippen molar-refractivity contribution in [2.75, 3.05) is 30.4 Å². The molecule has 404 valence electrons. The molecule has 7 aromatic rings. The number of carbonyl (C=O) groups is 1. The standard InChI is InChI=1S/C67H66F6N2O3/c1-6-7-10-15-42-18-20-43(21-19-42)44-22-24-45(25-23-44)63(76)74-48-28-31-50(56(38-48)66(68,69)70)52-39-53-54(40-58(52)77-5)62-51(61-59(53)55-36-41(2)37-57(67(71,72)73)60(55)64(61,3)4)32-33-65(78-62,46-16-11-8-12-17-46)47-26-29-49(30-27-47)75-34-13-9-14-35-75/h8,11-12,16-17,22-33,36-40,42-43H,6-7,9-10,13-15,18-21,34-35H2,1-5H3,(H,74,76). The molecule has 11 heteroatoms. The first-order chi connectivity index (χ1) is 37.4. The van der Waals surface area contributed by atoms with E-state index in [2.05, 4.69) is 41.4 Å². The minimum atomic E-state index is -4.91. The lowest BCUT2D eigenvalue weighted by molar-refractivity contribution is -0.138. The van der Waals surface area contributed by atoms with Crippen LogP contribution in [-0.2, 0) is 23.4 Å². The van der Waals surface area contributed by atoms with Gasteiger partial charge in [-0.3, -0.25) is 4.79 Å². The van der Waals surface area contributed by atoms with Crippen LogP contribution in [0.15, 0.2) is 127 Å². The number of unbranched alkanes of at least 4 members (excludes halogenated alkanes) is 2. The number of piperidine rings is 1. The Morgan fingerprint density at radius 2 is 1.41 bits per heavy atom. The number of aryl methyl sites for hydroxylation is 1. The average molecular weight is 1060 g/mol. The fourth-order valence-corrected chi connectivity index (χ4v) is 13.4. The monoisotopic (exact) mass is 1060 g/mol. The highest BCUT2D eigenvalue weighted by Gasteiger charge is 2.49. The molecule has 1 saturated heterocycles. The van der Waals surface area contributed by atoms with Crippen molar-refractivity contribution in [1.82, 2.24) is 0 Å². The molecule has 78 heavy (non-hydrogen) atoms. The average Bonchev–Trinajstić information content (AvgIpc) is 3.20. The Bertz CT molecular complexity index is 3420. The molecule has 1 atom stereocenters. The predicted octanol–water partition coefficient (Wildman–Crippen LogP) is 18.6. The largest absolute Gasteiger partial charge is 0.496 e. The Hall–Kier alpha value is -7.01. The van der Waals surface area contributed by atoms with Gasteiger partial charge in [-0.05, 0) is 169 Å². The maximum Gasteiger partial charge on any atom is 0.417 e. The van der Waals surface area contributed by atoms with Crippen molar-refractivity contribution in [3.8, 4) is 33.8 Å². The van der Waals surface area contributed by atoms with Crippen molar-refractivity contribution in [2.45, 2.75) is 128 Å². The topological polar surface area (TPSA) is 50.8 Å². The van der Waals surface area contributed by atoms with E-state index < -0.39 is 40.4 Å². The molecule has 0 aromatic heterocycles. The van der Waals surface area contributed by atoms with Gasteiger partial charge in [-0.25, -0.2) is 0 Å². The molecule has 2 aliphatic carbocycles. The van der Waals surface area contributed by atoms with Gasteiger partial charge >= 0.3 is 12.4 Å². The number of hydrogen-bond acceptors (Lipinski definition) is 4. The number of alkyl halides is 6. The molecule has 2 fully saturated rings. The number of nitrogens with one attached hydrogen (secondary N) is 1. The Labute approximate surface area is 453 Å². The molecule has 1 saturated carbocycles. The molecule has 2 heterocycles. The van der Waals surface area contributed by atoms with Crippen LogP contribution >= 0.6 is 0 Å². The normalized spacial score (nSPS) is 19.7. The predicted molar refractivity (Wildman–Crippen MR) is 301 cm³/mol. The van der Waals surface area contributed by atoms with Gasteiger partial charge in [0.1, 0.15) is 11.5 Å². The summed E-state index contributed by atoms with van der Waals surface area (Å²) >= 11 is 0. The van der Waals surface area contributed by atoms with E-state index in [0.717, 1.165) is 73.1 Å². The van der Waals surface area contributed by atoms with Gasteiger partial charge in [0.05, 0.1) is 18.2 Å². The molecule has 0 radical (unpaired) electrons. The first-order valence-corrected chi connectivity index (χ1v) is 27.8. The summed E-state index contributed by atoms with van der Waals surface area (Å²) in [4.78, 5) is 16.1. The quantitative estimate of drug-likeness (QED) is 0.0979. The van der Waals surface area contributed by atoms with Gasteiger partial charge in [0.25, 0.3) is 5.91 Å². The van der Waals surface area contributed by atoms with Crippen LogP contribution in [0.1, 0.15) is 158 Å². The molecule has 11 rings (SSSR count). The molecule has 1 unspecified atom stereocenters. The Balaban J connectivity index is 1.03. The van der Waals surface area contributed by atoms with Crippen LogP contribution in [0.5, 0.6) is 11.5 Å². The lowest BCUT2D eigenvalue weighted by Gasteiger charge is -2.39. The molecular formula is C67H66F6N2O3. The van der Waals surface area contributed by atoms with Crippen molar-refractivity contribution < 1.29 is 40.6 Å². The highest BCUT2D eigenvalue weighted by Crippen LogP contribution is 2.61. The Morgan fingerprint density at radius 1 is 0.718 bits per heavy atom. The summed E-state index contributed by atoms with van der Waals surface area (Å²) in [7, 11) is 1.38. The van der Waals surface area contributed by atoms with Gasteiger partial charge in [0.2, 0.25) is 0 Å². The summed E-state index contributed by atoms with van der Waals surface area (Å²) < 4.78 is 107. The second-order valence-corrected chi connectivity index (χ2v) is 22.6. The van der Waals surface area contributed by atoms with E-state index in [1.807, 2.05) is 54.6 Å². The van der Waals surface area contributed by atoms with Crippen LogP contribution in [0.2, 0.25) is 0 Å². The van der Waals surface area contributed by atoms with Crippen molar-refractivity contribution in [1.29, 1.82) is 0 Å². The zero-order valence-corrected chi connectivity index (χ0v) is 45.0. The number of halogens is 6. The van der Waals surface area contributed by atoms with E-state index in [4.69, 9.17) is 9.47 Å². The van der Waals surface area contributed by atoms with E-state index in [-0.39, 0.29) is 28.1 Å². The highest BCUT2D eigenvalue weighted by molar-refractivity contribution is 6.11. The molecule has 2 aliphatic heterocycles. The second kappa shape index (κ2) is 20.7. The smallest absolute Gasteiger partial charge is 0.417 e. The maximum absolute atomic E-state index is 15.6. The van der Waals surface area contributed by atoms with Gasteiger partial charge in [-0.15, -0.1) is 0 Å². The Morgan fingerprint density at radius 3 is 2.08 bits per heavy atom. The van der Waals surface area contributed by atoms with Crippen molar-refractivity contribution in [3.63, 3.8) is 0 Å². The van der Waals surface area contributed by atoms with Crippen LogP contribution in [-0.4, -0.2) is 26.1 Å². The molecule has 1 N–H and O–H groups in total. The zero-order chi connectivity index (χ0) is 54.7. The first-order valence-electron chi connectivity index (χ1n) is 27.8. The van der Waals surface area contributed by atoms with Gasteiger partial charge in [0.15, 0.2) is 5.60 Å². The number of ether oxygens (including phenoxy) is 2. The molecule has 1 amide bonds. The molecule has 4 aliphatic rings. The van der Waals surface area contributed by atoms with E-state index in [9.17, 15) is 4.79 Å². The molecular weight excluding hydrogens is 995 g/mol. The van der Waals surface area contributed by atoms with Crippen molar-refractivity contribution >= 4 is 34.1 Å². The number of hydrogen-bond donors (Lipinski definition) is 1. The van der Waals surface area contributed by atoms with Crippen LogP contribution in [0.3, 0.4) is 0 Å². The number of anilines is 2. The van der Waals surface area contributed by atoms with E-state index in [0.29, 0.717) is 55.8 Å². The summed E-state index contributed by atoms with van der Waals surface area (Å²) in [6, 6.07) is 35.3. The van der Waals surface area contributed by atoms with Gasteiger partial charge in [-0.2, -0.15) is 26.3 Å². The third kappa shape index (κ3) is 9.63. The minimum absolute atomic E-state index is 0.0523. The molecule has 7 aromatic carbocycles. The van der Waals surface area contributed by atoms with Crippen LogP contribution in [0.25, 0.3) is 39.1 Å². The summed E-state index contributed by atoms with van der Waals surface area (Å²) in [5, 5.41) is 3.57. The summed E-state index contributed by atoms with van der Waals surface area (Å²) in [6.07, 6.45) is 7.30. The van der Waals surface area contributed by atoms with Gasteiger partial charge in [-0.1, -0.05) is 119 Å². The molecule has 0 bridgehead atoms. The van der Waals surface area contributed by atoms with Gasteiger partial charge in [0, 0.05) is 63.1 Å². The maximum atomic E-state index is 15.6. The third-order valence-corrected chi connectivity index (χ3v) is 17.3. The van der Waals surface area contributed by atoms with E-state index in [1.54, 1.807) is 51.1 Å². The summed E-state index contributed by atoms with van der Waals surface area (Å²) in [6.45, 7) is 9.31. The van der Waals surface area contributed by atoms with Crippen LogP contribution < -0.4 is 19.7 Å². The lowest BCUT2D eigenvalue weighted by atomic mass is 9.75. The SMILES string of the molecule is CCCCCC1CCC(c2ccc(C(=O)Nc3ccc(-c4cc5c6c(c7c(c5cc4OC)OC(c4ccccc4)(c4ccc(N5CCCCC5)cc4)C=C7)C(C)(C)c4c-6cc(C)cc4C(F)(F)F)c(C(F)(F)F)c3)cc2)CC1. The number of methoxy groups -OCH3 is 1. The van der Waals surface area contributed by atoms with Crippen LogP contribution in [0.4, 0.5) is 37.7 Å². The number of nitrogens with zero attached hydrogens (tertiary/aromatic N) is 1. The number of amides is 1. The van der Waals surface area contributed by atoms with E-state index >= 15 is 26.3 Å². The second-order valence-electron chi connectivity index (χ2n) is 22.6. The fraction of sp³-hybridized carbons (Fsp3) is 0.358. The molecule has 0 spiro atoms. The molecule has 5 nitrogen and oxygen atoms in total. The van der Waals surface area contributed by atoms with Crippen LogP contribution in [0, 0.1) is 12.8 Å². The highest BCUT2D eigenvalue weighted by atomic mass is 19.4. The first kappa shape index (κ1) is 53.0. The number of rotatable bonds is 12. The third-order valence-electron chi connectivity index (χ3n) is 17.3. The van der Waals surface area contributed by atoms with E-state index in [1.165, 1.54) is 70.3 Å². The number of benzene rings is 7. The summed E-state index contributed by atoms with van der Waals surface area (Å²) in [5.74, 6) is 1.07. The van der Waals surface area contributed by atoms with Crippen molar-refractivity contribution in [2.24, 2.45) is 5.92 Å². The number of carbonyl (C=O) groups excluding carboxylic acids is 1. The minimum Gasteiger partial charge on any atom is -0.496 e. The fourth-order valence-electron chi connectivity index (χ4n) is 13.4. The van der Waals surface area contributed by atoms with Gasteiger partial charge < -0.3 is 19.7 Å². The lowest BCUT2D eigenvalue weighted by Crippen LogP contribution is -2.35. The summed E-state index contributed by atoms with van der Waals surface area (Å²) in [5.41, 5.74) is 2.11. The van der Waals surface area contributed by atoms with Crippen molar-refractivity contribution in [3.05, 3.63) is 183 Å².